The van der Waals surface area contributed by atoms with Gasteiger partial charge in [-0.1, -0.05) is 30.1 Å². The summed E-state index contributed by atoms with van der Waals surface area (Å²) in [5.41, 5.74) is 0.603. The van der Waals surface area contributed by atoms with E-state index in [0.717, 1.165) is 0 Å². The zero-order valence-corrected chi connectivity index (χ0v) is 12.5. The lowest BCUT2D eigenvalue weighted by atomic mass is 10.2. The summed E-state index contributed by atoms with van der Waals surface area (Å²) >= 11 is 11.7. The van der Waals surface area contributed by atoms with Gasteiger partial charge in [0.05, 0.1) is 22.7 Å². The van der Waals surface area contributed by atoms with Crippen LogP contribution in [0.15, 0.2) is 18.2 Å². The fourth-order valence-electron chi connectivity index (χ4n) is 1.74. The summed E-state index contributed by atoms with van der Waals surface area (Å²) in [5, 5.41) is 12.6. The van der Waals surface area contributed by atoms with Gasteiger partial charge in [0.1, 0.15) is 0 Å². The lowest BCUT2D eigenvalue weighted by molar-refractivity contribution is -0.120. The summed E-state index contributed by atoms with van der Waals surface area (Å²) < 4.78 is 0. The SMILES string of the molecule is CCN(CCO)C(C)C(=O)Nc1ccc(Cl)c(Cl)c1. The predicted octanol–water partition coefficient (Wildman–Crippen LogP) is 2.63. The lowest BCUT2D eigenvalue weighted by Gasteiger charge is -2.26. The van der Waals surface area contributed by atoms with E-state index < -0.39 is 0 Å². The van der Waals surface area contributed by atoms with E-state index in [-0.39, 0.29) is 18.6 Å². The molecule has 0 fully saturated rings. The number of amides is 1. The third kappa shape index (κ3) is 4.66. The van der Waals surface area contributed by atoms with Gasteiger partial charge in [-0.3, -0.25) is 9.69 Å². The Morgan fingerprint density at radius 1 is 1.42 bits per heavy atom. The first-order chi connectivity index (χ1) is 8.99. The van der Waals surface area contributed by atoms with E-state index in [1.54, 1.807) is 25.1 Å². The van der Waals surface area contributed by atoms with Gasteiger partial charge in [-0.2, -0.15) is 0 Å². The van der Waals surface area contributed by atoms with Crippen molar-refractivity contribution in [1.82, 2.24) is 4.90 Å². The zero-order chi connectivity index (χ0) is 14.4. The second kappa shape index (κ2) is 7.70. The van der Waals surface area contributed by atoms with Crippen LogP contribution in [0, 0.1) is 0 Å². The highest BCUT2D eigenvalue weighted by molar-refractivity contribution is 6.42. The maximum atomic E-state index is 12.1. The van der Waals surface area contributed by atoms with Gasteiger partial charge in [0.25, 0.3) is 0 Å². The highest BCUT2D eigenvalue weighted by atomic mass is 35.5. The number of aliphatic hydroxyl groups excluding tert-OH is 1. The van der Waals surface area contributed by atoms with Crippen LogP contribution in [0.1, 0.15) is 13.8 Å². The molecular weight excluding hydrogens is 287 g/mol. The van der Waals surface area contributed by atoms with E-state index >= 15 is 0 Å². The molecule has 1 aromatic carbocycles. The molecule has 0 heterocycles. The van der Waals surface area contributed by atoms with Gasteiger partial charge < -0.3 is 10.4 Å². The topological polar surface area (TPSA) is 52.6 Å². The molecule has 0 aliphatic carbocycles. The number of aliphatic hydroxyl groups is 1. The third-order valence-corrected chi connectivity index (χ3v) is 3.65. The van der Waals surface area contributed by atoms with Crippen LogP contribution in [-0.4, -0.2) is 41.7 Å². The van der Waals surface area contributed by atoms with Gasteiger partial charge in [-0.05, 0) is 31.7 Å². The minimum Gasteiger partial charge on any atom is -0.395 e. The quantitative estimate of drug-likeness (QED) is 0.849. The fourth-order valence-corrected chi connectivity index (χ4v) is 2.04. The Morgan fingerprint density at radius 3 is 2.63 bits per heavy atom. The molecule has 1 amide bonds. The highest BCUT2D eigenvalue weighted by Crippen LogP contribution is 2.25. The Bertz CT molecular complexity index is 441. The van der Waals surface area contributed by atoms with Crippen molar-refractivity contribution in [3.63, 3.8) is 0 Å². The molecular formula is C13H18Cl2N2O2. The molecule has 2 N–H and O–H groups in total. The molecule has 1 unspecified atom stereocenters. The number of hydrogen-bond acceptors (Lipinski definition) is 3. The van der Waals surface area contributed by atoms with Crippen molar-refractivity contribution in [3.05, 3.63) is 28.2 Å². The molecule has 0 bridgehead atoms. The number of likely N-dealkylation sites (N-methyl/N-ethyl adjacent to an activating group) is 1. The molecule has 1 atom stereocenters. The van der Waals surface area contributed by atoms with Crippen LogP contribution in [0.2, 0.25) is 10.0 Å². The highest BCUT2D eigenvalue weighted by Gasteiger charge is 2.19. The molecule has 1 rings (SSSR count). The minimum atomic E-state index is -0.327. The van der Waals surface area contributed by atoms with E-state index in [9.17, 15) is 4.79 Å². The molecule has 1 aromatic rings. The number of nitrogens with one attached hydrogen (secondary N) is 1. The zero-order valence-electron chi connectivity index (χ0n) is 11.0. The van der Waals surface area contributed by atoms with Crippen molar-refractivity contribution >= 4 is 34.8 Å². The molecule has 0 radical (unpaired) electrons. The number of benzene rings is 1. The van der Waals surface area contributed by atoms with Crippen molar-refractivity contribution in [2.75, 3.05) is 25.0 Å². The molecule has 0 saturated heterocycles. The van der Waals surface area contributed by atoms with Gasteiger partial charge >= 0.3 is 0 Å². The number of halogens is 2. The summed E-state index contributed by atoms with van der Waals surface area (Å²) in [5.74, 6) is -0.145. The number of carbonyl (C=O) groups is 1. The van der Waals surface area contributed by atoms with Crippen molar-refractivity contribution in [2.45, 2.75) is 19.9 Å². The molecule has 19 heavy (non-hydrogen) atoms. The molecule has 0 spiro atoms. The van der Waals surface area contributed by atoms with Crippen LogP contribution in [0.4, 0.5) is 5.69 Å². The number of carbonyl (C=O) groups excluding carboxylic acids is 1. The second-order valence-electron chi connectivity index (χ2n) is 4.15. The predicted molar refractivity (Wildman–Crippen MR) is 78.9 cm³/mol. The van der Waals surface area contributed by atoms with Gasteiger partial charge in [0.15, 0.2) is 0 Å². The van der Waals surface area contributed by atoms with Crippen LogP contribution in [0.5, 0.6) is 0 Å². The largest absolute Gasteiger partial charge is 0.395 e. The lowest BCUT2D eigenvalue weighted by Crippen LogP contribution is -2.43. The summed E-state index contributed by atoms with van der Waals surface area (Å²) in [6.45, 7) is 4.92. The Labute approximate surface area is 123 Å². The van der Waals surface area contributed by atoms with E-state index in [1.165, 1.54) is 0 Å². The number of rotatable bonds is 6. The normalized spacial score (nSPS) is 12.5. The molecule has 6 heteroatoms. The Morgan fingerprint density at radius 2 is 2.11 bits per heavy atom. The fraction of sp³-hybridized carbons (Fsp3) is 0.462. The Hall–Kier alpha value is -0.810. The maximum Gasteiger partial charge on any atom is 0.241 e. The first-order valence-corrected chi connectivity index (χ1v) is 6.86. The van der Waals surface area contributed by atoms with Crippen LogP contribution < -0.4 is 5.32 Å². The van der Waals surface area contributed by atoms with Crippen LogP contribution in [0.25, 0.3) is 0 Å². The number of nitrogens with zero attached hydrogens (tertiary/aromatic N) is 1. The van der Waals surface area contributed by atoms with Crippen LogP contribution in [-0.2, 0) is 4.79 Å². The average Bonchev–Trinajstić information content (AvgIpc) is 2.39. The molecule has 0 aliphatic heterocycles. The van der Waals surface area contributed by atoms with Crippen molar-refractivity contribution < 1.29 is 9.90 Å². The van der Waals surface area contributed by atoms with E-state index in [2.05, 4.69) is 5.32 Å². The second-order valence-corrected chi connectivity index (χ2v) is 4.96. The van der Waals surface area contributed by atoms with Crippen molar-refractivity contribution in [1.29, 1.82) is 0 Å². The van der Waals surface area contributed by atoms with Gasteiger partial charge in [-0.25, -0.2) is 0 Å². The first-order valence-electron chi connectivity index (χ1n) is 6.10. The number of hydrogen-bond donors (Lipinski definition) is 2. The van der Waals surface area contributed by atoms with Crippen molar-refractivity contribution in [2.24, 2.45) is 0 Å². The van der Waals surface area contributed by atoms with Gasteiger partial charge in [0.2, 0.25) is 5.91 Å². The Balaban J connectivity index is 2.70. The maximum absolute atomic E-state index is 12.1. The van der Waals surface area contributed by atoms with E-state index in [0.29, 0.717) is 28.8 Å². The van der Waals surface area contributed by atoms with Gasteiger partial charge in [-0.15, -0.1) is 0 Å². The summed E-state index contributed by atoms with van der Waals surface area (Å²) in [6, 6.07) is 4.61. The first kappa shape index (κ1) is 16.2. The Kier molecular flexibility index (Phi) is 6.58. The summed E-state index contributed by atoms with van der Waals surface area (Å²) in [4.78, 5) is 14.0. The minimum absolute atomic E-state index is 0.0260. The molecule has 0 aromatic heterocycles. The van der Waals surface area contributed by atoms with E-state index in [1.807, 2.05) is 11.8 Å². The van der Waals surface area contributed by atoms with Gasteiger partial charge in [0, 0.05) is 12.2 Å². The van der Waals surface area contributed by atoms with Crippen molar-refractivity contribution in [3.8, 4) is 0 Å². The van der Waals surface area contributed by atoms with Crippen LogP contribution >= 0.6 is 23.2 Å². The number of anilines is 1. The molecule has 106 valence electrons. The van der Waals surface area contributed by atoms with Crippen LogP contribution in [0.3, 0.4) is 0 Å². The molecule has 4 nitrogen and oxygen atoms in total. The third-order valence-electron chi connectivity index (χ3n) is 2.91. The smallest absolute Gasteiger partial charge is 0.241 e. The van der Waals surface area contributed by atoms with E-state index in [4.69, 9.17) is 28.3 Å². The molecule has 0 aliphatic rings. The average molecular weight is 305 g/mol. The summed E-state index contributed by atoms with van der Waals surface area (Å²) in [7, 11) is 0. The standard InChI is InChI=1S/C13H18Cl2N2O2/c1-3-17(6-7-18)9(2)13(19)16-10-4-5-11(14)12(15)8-10/h4-5,8-9,18H,3,6-7H2,1-2H3,(H,16,19). The molecule has 0 saturated carbocycles. The monoisotopic (exact) mass is 304 g/mol. The summed E-state index contributed by atoms with van der Waals surface area (Å²) in [6.07, 6.45) is 0.